The van der Waals surface area contributed by atoms with E-state index in [2.05, 4.69) is 11.8 Å². The summed E-state index contributed by atoms with van der Waals surface area (Å²) in [4.78, 5) is 16.0. The molecule has 0 aromatic heterocycles. The first-order valence-electron chi connectivity index (χ1n) is 9.81. The zero-order chi connectivity index (χ0) is 19.7. The molecule has 4 rings (SSSR count). The van der Waals surface area contributed by atoms with E-state index in [1.165, 1.54) is 0 Å². The molecule has 2 saturated heterocycles. The Bertz CT molecular complexity index is 855. The average Bonchev–Trinajstić information content (AvgIpc) is 3.04. The zero-order valence-electron chi connectivity index (χ0n) is 15.9. The van der Waals surface area contributed by atoms with E-state index >= 15 is 0 Å². The van der Waals surface area contributed by atoms with Crippen LogP contribution in [0.4, 0.5) is 0 Å². The van der Waals surface area contributed by atoms with E-state index in [-0.39, 0.29) is 17.9 Å². The maximum Gasteiger partial charge on any atom is 0.188 e. The molecule has 0 saturated carbocycles. The van der Waals surface area contributed by atoms with Gasteiger partial charge in [-0.15, -0.1) is 0 Å². The van der Waals surface area contributed by atoms with Gasteiger partial charge >= 0.3 is 0 Å². The number of carbonyl (C=O) groups excluding carboxylic acids is 1. The fraction of sp³-hybridized carbons (Fsp3) is 0.292. The van der Waals surface area contributed by atoms with Gasteiger partial charge in [0.2, 0.25) is 0 Å². The number of ketones is 1. The van der Waals surface area contributed by atoms with Crippen LogP contribution < -0.4 is 0 Å². The third-order valence-corrected chi connectivity index (χ3v) is 6.13. The molecule has 0 N–H and O–H groups in total. The van der Waals surface area contributed by atoms with Crippen LogP contribution in [0.1, 0.15) is 37.3 Å². The van der Waals surface area contributed by atoms with Gasteiger partial charge in [-0.1, -0.05) is 54.4 Å². The highest BCUT2D eigenvalue weighted by atomic mass is 35.5. The summed E-state index contributed by atoms with van der Waals surface area (Å²) in [6.45, 7) is 3.19. The predicted octanol–water partition coefficient (Wildman–Crippen LogP) is 6.29. The monoisotopic (exact) mass is 411 g/mol. The molecule has 2 aromatic carbocycles. The van der Waals surface area contributed by atoms with Gasteiger partial charge < -0.3 is 0 Å². The smallest absolute Gasteiger partial charge is 0.188 e. The van der Waals surface area contributed by atoms with Crippen molar-refractivity contribution < 1.29 is 4.79 Å². The molecule has 2 atom stereocenters. The molecule has 4 heteroatoms. The van der Waals surface area contributed by atoms with E-state index in [0.29, 0.717) is 10.0 Å². The Hall–Kier alpha value is -1.87. The molecule has 144 valence electrons. The lowest BCUT2D eigenvalue weighted by Crippen LogP contribution is -2.46. The second kappa shape index (κ2) is 8.24. The van der Waals surface area contributed by atoms with Crippen molar-refractivity contribution in [3.8, 4) is 0 Å². The molecule has 2 heterocycles. The number of hydrogen-bond donors (Lipinski definition) is 0. The highest BCUT2D eigenvalue weighted by Gasteiger charge is 2.45. The second-order valence-corrected chi connectivity index (χ2v) is 8.35. The molecular formula is C24H23Cl2NO. The number of halogens is 2. The highest BCUT2D eigenvalue weighted by molar-refractivity contribution is 6.30. The molecule has 0 radical (unpaired) electrons. The quantitative estimate of drug-likeness (QED) is 0.551. The minimum absolute atomic E-state index is 0.171. The Kier molecular flexibility index (Phi) is 5.73. The molecule has 2 fully saturated rings. The van der Waals surface area contributed by atoms with Crippen LogP contribution in [-0.2, 0) is 4.79 Å². The van der Waals surface area contributed by atoms with E-state index < -0.39 is 0 Å². The van der Waals surface area contributed by atoms with Gasteiger partial charge in [0.25, 0.3) is 0 Å². The van der Waals surface area contributed by atoms with Gasteiger partial charge in [-0.3, -0.25) is 9.69 Å². The van der Waals surface area contributed by atoms with Crippen LogP contribution in [0, 0.1) is 0 Å². The minimum Gasteiger partial charge on any atom is -0.289 e. The van der Waals surface area contributed by atoms with Gasteiger partial charge in [-0.05, 0) is 73.4 Å². The fourth-order valence-electron chi connectivity index (χ4n) is 4.37. The van der Waals surface area contributed by atoms with E-state index in [4.69, 9.17) is 23.2 Å². The minimum atomic E-state index is 0.171. The van der Waals surface area contributed by atoms with Crippen molar-refractivity contribution in [2.24, 2.45) is 0 Å². The van der Waals surface area contributed by atoms with Crippen molar-refractivity contribution in [2.45, 2.75) is 38.3 Å². The number of fused-ring (bicyclic) bond motifs is 2. The van der Waals surface area contributed by atoms with Crippen LogP contribution in [0.15, 0.2) is 59.7 Å². The number of nitrogens with zero attached hydrogens (tertiary/aromatic N) is 1. The van der Waals surface area contributed by atoms with Gasteiger partial charge in [0.1, 0.15) is 0 Å². The van der Waals surface area contributed by atoms with Crippen LogP contribution in [0.5, 0.6) is 0 Å². The lowest BCUT2D eigenvalue weighted by molar-refractivity contribution is -0.114. The molecule has 2 aliphatic rings. The standard InChI is InChI=1S/C24H23Cl2NO/c1-2-13-27-22-11-12-23(27)21(15-17-5-9-19(26)10-6-17)24(28)20(22)14-16-3-7-18(25)8-4-16/h3-10,14-15,22-23H,2,11-13H2,1H3/b20-14+,21-15+. The summed E-state index contributed by atoms with van der Waals surface area (Å²) in [5.41, 5.74) is 3.82. The summed E-state index contributed by atoms with van der Waals surface area (Å²) < 4.78 is 0. The van der Waals surface area contributed by atoms with Crippen LogP contribution in [0.25, 0.3) is 12.2 Å². The van der Waals surface area contributed by atoms with Crippen molar-refractivity contribution in [1.82, 2.24) is 4.90 Å². The molecular weight excluding hydrogens is 389 g/mol. The first-order chi connectivity index (χ1) is 13.6. The molecule has 2 unspecified atom stereocenters. The predicted molar refractivity (Wildman–Crippen MR) is 118 cm³/mol. The number of benzene rings is 2. The van der Waals surface area contributed by atoms with Gasteiger partial charge in [-0.2, -0.15) is 0 Å². The van der Waals surface area contributed by atoms with Crippen LogP contribution in [0.2, 0.25) is 10.0 Å². The molecule has 2 aliphatic heterocycles. The van der Waals surface area contributed by atoms with Crippen molar-refractivity contribution in [3.63, 3.8) is 0 Å². The normalized spacial score (nSPS) is 25.0. The van der Waals surface area contributed by atoms with Gasteiger partial charge in [0, 0.05) is 33.3 Å². The van der Waals surface area contributed by atoms with Crippen LogP contribution >= 0.6 is 23.2 Å². The molecule has 0 spiro atoms. The van der Waals surface area contributed by atoms with Gasteiger partial charge in [0.05, 0.1) is 0 Å². The largest absolute Gasteiger partial charge is 0.289 e. The van der Waals surface area contributed by atoms with Crippen molar-refractivity contribution in [3.05, 3.63) is 80.8 Å². The first-order valence-corrected chi connectivity index (χ1v) is 10.6. The molecule has 28 heavy (non-hydrogen) atoms. The third kappa shape index (κ3) is 3.82. The summed E-state index contributed by atoms with van der Waals surface area (Å²) >= 11 is 12.0. The Morgan fingerprint density at radius 1 is 0.857 bits per heavy atom. The summed E-state index contributed by atoms with van der Waals surface area (Å²) in [7, 11) is 0. The Balaban J connectivity index is 1.77. The zero-order valence-corrected chi connectivity index (χ0v) is 17.4. The topological polar surface area (TPSA) is 20.3 Å². The summed E-state index contributed by atoms with van der Waals surface area (Å²) in [6.07, 6.45) is 7.21. The summed E-state index contributed by atoms with van der Waals surface area (Å²) in [5.74, 6) is 0.171. The Morgan fingerprint density at radius 3 is 1.68 bits per heavy atom. The number of Topliss-reactive ketones (excluding diaryl/α,β-unsaturated/α-hetero) is 1. The third-order valence-electron chi connectivity index (χ3n) is 5.62. The molecule has 2 bridgehead atoms. The maximum absolute atomic E-state index is 13.5. The summed E-state index contributed by atoms with van der Waals surface area (Å²) in [5, 5.41) is 1.41. The van der Waals surface area contributed by atoms with E-state index in [0.717, 1.165) is 48.1 Å². The molecule has 2 aromatic rings. The molecule has 0 amide bonds. The summed E-state index contributed by atoms with van der Waals surface area (Å²) in [6, 6.07) is 15.8. The molecule has 0 aliphatic carbocycles. The number of piperidine rings is 1. The second-order valence-electron chi connectivity index (χ2n) is 7.48. The van der Waals surface area contributed by atoms with Crippen molar-refractivity contribution in [2.75, 3.05) is 6.54 Å². The average molecular weight is 412 g/mol. The van der Waals surface area contributed by atoms with E-state index in [1.54, 1.807) is 0 Å². The van der Waals surface area contributed by atoms with E-state index in [1.807, 2.05) is 60.7 Å². The van der Waals surface area contributed by atoms with Gasteiger partial charge in [0.15, 0.2) is 5.78 Å². The lowest BCUT2D eigenvalue weighted by Gasteiger charge is -2.37. The Morgan fingerprint density at radius 2 is 1.29 bits per heavy atom. The highest BCUT2D eigenvalue weighted by Crippen LogP contribution is 2.41. The Labute approximate surface area is 176 Å². The number of rotatable bonds is 4. The first kappa shape index (κ1) is 19.4. The lowest BCUT2D eigenvalue weighted by atomic mass is 9.88. The van der Waals surface area contributed by atoms with Crippen LogP contribution in [-0.4, -0.2) is 29.3 Å². The number of carbonyl (C=O) groups is 1. The van der Waals surface area contributed by atoms with Crippen LogP contribution in [0.3, 0.4) is 0 Å². The van der Waals surface area contributed by atoms with E-state index in [9.17, 15) is 4.79 Å². The van der Waals surface area contributed by atoms with Gasteiger partial charge in [-0.25, -0.2) is 0 Å². The van der Waals surface area contributed by atoms with Crippen molar-refractivity contribution in [1.29, 1.82) is 0 Å². The van der Waals surface area contributed by atoms with Crippen molar-refractivity contribution >= 4 is 41.1 Å². The maximum atomic E-state index is 13.5. The number of hydrogen-bond acceptors (Lipinski definition) is 2. The molecule has 2 nitrogen and oxygen atoms in total. The fourth-order valence-corrected chi connectivity index (χ4v) is 4.62. The SMILES string of the molecule is CCCN1C2CCC1/C(=C\c1ccc(Cl)cc1)C(=O)/C2=C/c1ccc(Cl)cc1.